The fourth-order valence-electron chi connectivity index (χ4n) is 5.36. The van der Waals surface area contributed by atoms with E-state index in [1.807, 2.05) is 49.1 Å². The van der Waals surface area contributed by atoms with Gasteiger partial charge in [0, 0.05) is 55.9 Å². The number of piperazine rings is 1. The molecule has 190 valence electrons. The molecule has 0 N–H and O–H groups in total. The largest absolute Gasteiger partial charge is 0.339 e. The molecule has 0 aromatic heterocycles. The Kier molecular flexibility index (Phi) is 8.55. The van der Waals surface area contributed by atoms with Crippen LogP contribution in [-0.4, -0.2) is 58.9 Å². The summed E-state index contributed by atoms with van der Waals surface area (Å²) in [5, 5.41) is 0. The molecule has 4 nitrogen and oxygen atoms in total. The SMILES string of the molecule is CCN(CC)C(=O)c1ccc([C@@H](c2ccccc2)N2C[C@@H](C)N(Cc3ccccc3F)C[C@@H]2C)cc1. The Labute approximate surface area is 215 Å². The first-order valence-corrected chi connectivity index (χ1v) is 13.1. The number of rotatable bonds is 8. The summed E-state index contributed by atoms with van der Waals surface area (Å²) in [5.74, 6) is -0.0622. The van der Waals surface area contributed by atoms with Crippen LogP contribution in [0.5, 0.6) is 0 Å². The summed E-state index contributed by atoms with van der Waals surface area (Å²) in [6, 6.07) is 26.4. The first-order valence-electron chi connectivity index (χ1n) is 13.1. The second-order valence-corrected chi connectivity index (χ2v) is 9.83. The molecule has 3 aromatic rings. The van der Waals surface area contributed by atoms with Gasteiger partial charge in [-0.3, -0.25) is 14.6 Å². The van der Waals surface area contributed by atoms with Gasteiger partial charge in [0.05, 0.1) is 6.04 Å². The molecule has 1 fully saturated rings. The Bertz CT molecular complexity index is 1130. The molecule has 0 bridgehead atoms. The van der Waals surface area contributed by atoms with Crippen LogP contribution in [0.1, 0.15) is 60.8 Å². The van der Waals surface area contributed by atoms with Crippen LogP contribution >= 0.6 is 0 Å². The van der Waals surface area contributed by atoms with E-state index in [0.29, 0.717) is 19.6 Å². The van der Waals surface area contributed by atoms with Crippen molar-refractivity contribution in [1.29, 1.82) is 0 Å². The van der Waals surface area contributed by atoms with Gasteiger partial charge in [0.15, 0.2) is 0 Å². The molecule has 1 aliphatic rings. The quantitative estimate of drug-likeness (QED) is 0.390. The van der Waals surface area contributed by atoms with E-state index < -0.39 is 0 Å². The molecule has 1 heterocycles. The lowest BCUT2D eigenvalue weighted by Crippen LogP contribution is -2.56. The van der Waals surface area contributed by atoms with E-state index in [1.165, 1.54) is 11.1 Å². The topological polar surface area (TPSA) is 26.8 Å². The third-order valence-electron chi connectivity index (χ3n) is 7.47. The van der Waals surface area contributed by atoms with Crippen LogP contribution in [0.2, 0.25) is 0 Å². The molecule has 0 radical (unpaired) electrons. The van der Waals surface area contributed by atoms with Gasteiger partial charge in [-0.25, -0.2) is 4.39 Å². The lowest BCUT2D eigenvalue weighted by atomic mass is 9.92. The minimum atomic E-state index is -0.138. The van der Waals surface area contributed by atoms with Crippen LogP contribution < -0.4 is 0 Å². The average molecular weight is 488 g/mol. The van der Waals surface area contributed by atoms with E-state index in [-0.39, 0.29) is 29.8 Å². The summed E-state index contributed by atoms with van der Waals surface area (Å²) < 4.78 is 14.3. The number of hydrogen-bond acceptors (Lipinski definition) is 3. The molecule has 0 saturated carbocycles. The number of carbonyl (C=O) groups is 1. The van der Waals surface area contributed by atoms with Crippen molar-refractivity contribution >= 4 is 5.91 Å². The summed E-state index contributed by atoms with van der Waals surface area (Å²) >= 11 is 0. The molecule has 1 aliphatic heterocycles. The first kappa shape index (κ1) is 26.1. The second-order valence-electron chi connectivity index (χ2n) is 9.83. The predicted octanol–water partition coefficient (Wildman–Crippen LogP) is 5.99. The van der Waals surface area contributed by atoms with Crippen molar-refractivity contribution in [3.63, 3.8) is 0 Å². The monoisotopic (exact) mass is 487 g/mol. The number of carbonyl (C=O) groups excluding carboxylic acids is 1. The van der Waals surface area contributed by atoms with Crippen molar-refractivity contribution < 1.29 is 9.18 Å². The smallest absolute Gasteiger partial charge is 0.253 e. The average Bonchev–Trinajstić information content (AvgIpc) is 2.90. The van der Waals surface area contributed by atoms with Crippen molar-refractivity contribution in [2.45, 2.75) is 52.4 Å². The first-order chi connectivity index (χ1) is 17.4. The molecule has 5 heteroatoms. The van der Waals surface area contributed by atoms with E-state index in [4.69, 9.17) is 0 Å². The van der Waals surface area contributed by atoms with Crippen LogP contribution in [-0.2, 0) is 6.54 Å². The van der Waals surface area contributed by atoms with Gasteiger partial charge < -0.3 is 4.90 Å². The lowest BCUT2D eigenvalue weighted by Gasteiger charge is -2.47. The number of halogens is 1. The molecule has 3 atom stereocenters. The lowest BCUT2D eigenvalue weighted by molar-refractivity contribution is 0.0190. The molecule has 0 spiro atoms. The third kappa shape index (κ3) is 5.69. The normalized spacial score (nSPS) is 19.7. The minimum Gasteiger partial charge on any atom is -0.339 e. The Balaban J connectivity index is 1.59. The van der Waals surface area contributed by atoms with Crippen LogP contribution in [0, 0.1) is 5.82 Å². The maximum atomic E-state index is 14.3. The van der Waals surface area contributed by atoms with Gasteiger partial charge in [0.1, 0.15) is 5.82 Å². The molecule has 0 unspecified atom stereocenters. The summed E-state index contributed by atoms with van der Waals surface area (Å²) in [6.07, 6.45) is 0. The maximum absolute atomic E-state index is 14.3. The van der Waals surface area contributed by atoms with Gasteiger partial charge in [0.25, 0.3) is 5.91 Å². The highest BCUT2D eigenvalue weighted by Gasteiger charge is 2.35. The van der Waals surface area contributed by atoms with E-state index >= 15 is 0 Å². The zero-order valence-electron chi connectivity index (χ0n) is 21.9. The molecule has 4 rings (SSSR count). The fourth-order valence-corrected chi connectivity index (χ4v) is 5.36. The van der Waals surface area contributed by atoms with Gasteiger partial charge in [-0.2, -0.15) is 0 Å². The zero-order chi connectivity index (χ0) is 25.7. The highest BCUT2D eigenvalue weighted by Crippen LogP contribution is 2.34. The van der Waals surface area contributed by atoms with Crippen molar-refractivity contribution in [1.82, 2.24) is 14.7 Å². The molecule has 36 heavy (non-hydrogen) atoms. The maximum Gasteiger partial charge on any atom is 0.253 e. The third-order valence-corrected chi connectivity index (χ3v) is 7.47. The van der Waals surface area contributed by atoms with Crippen molar-refractivity contribution in [2.24, 2.45) is 0 Å². The van der Waals surface area contributed by atoms with E-state index in [1.54, 1.807) is 12.1 Å². The van der Waals surface area contributed by atoms with E-state index in [2.05, 4.69) is 60.0 Å². The predicted molar refractivity (Wildman–Crippen MR) is 144 cm³/mol. The van der Waals surface area contributed by atoms with E-state index in [9.17, 15) is 9.18 Å². The number of hydrogen-bond donors (Lipinski definition) is 0. The standard InChI is InChI=1S/C31H38FN3O/c1-5-33(6-2)31(36)27-18-16-26(17-19-27)30(25-12-8-7-9-13-25)35-21-23(3)34(20-24(35)4)22-28-14-10-11-15-29(28)32/h7-19,23-24,30H,5-6,20-22H2,1-4H3/t23-,24+,30-/m1/s1. The van der Waals surface area contributed by atoms with Crippen molar-refractivity contribution in [3.05, 3.63) is 107 Å². The highest BCUT2D eigenvalue weighted by atomic mass is 19.1. The van der Waals surface area contributed by atoms with Crippen molar-refractivity contribution in [2.75, 3.05) is 26.2 Å². The summed E-state index contributed by atoms with van der Waals surface area (Å²) in [5.41, 5.74) is 3.89. The zero-order valence-corrected chi connectivity index (χ0v) is 21.9. The Morgan fingerprint density at radius 1 is 0.861 bits per heavy atom. The van der Waals surface area contributed by atoms with Gasteiger partial charge in [-0.05, 0) is 57.0 Å². The molecular formula is C31H38FN3O. The number of amides is 1. The molecule has 1 amide bonds. The van der Waals surface area contributed by atoms with Gasteiger partial charge in [-0.15, -0.1) is 0 Å². The van der Waals surface area contributed by atoms with Gasteiger partial charge in [0.2, 0.25) is 0 Å². The van der Waals surface area contributed by atoms with Crippen LogP contribution in [0.4, 0.5) is 4.39 Å². The second kappa shape index (κ2) is 11.8. The van der Waals surface area contributed by atoms with Crippen LogP contribution in [0.15, 0.2) is 78.9 Å². The van der Waals surface area contributed by atoms with Crippen molar-refractivity contribution in [3.8, 4) is 0 Å². The number of benzene rings is 3. The molecule has 3 aromatic carbocycles. The van der Waals surface area contributed by atoms with Gasteiger partial charge >= 0.3 is 0 Å². The number of nitrogens with zero attached hydrogens (tertiary/aromatic N) is 3. The molecule has 0 aliphatic carbocycles. The van der Waals surface area contributed by atoms with E-state index in [0.717, 1.165) is 24.2 Å². The Hall–Kier alpha value is -3.02. The Morgan fingerprint density at radius 2 is 1.47 bits per heavy atom. The minimum absolute atomic E-state index is 0.0755. The molecule has 1 saturated heterocycles. The van der Waals surface area contributed by atoms with Gasteiger partial charge in [-0.1, -0.05) is 60.7 Å². The fraction of sp³-hybridized carbons (Fsp3) is 0.387. The van der Waals surface area contributed by atoms with Crippen LogP contribution in [0.3, 0.4) is 0 Å². The summed E-state index contributed by atoms with van der Waals surface area (Å²) in [7, 11) is 0. The molecular weight excluding hydrogens is 449 g/mol. The van der Waals surface area contributed by atoms with Crippen LogP contribution in [0.25, 0.3) is 0 Å². The summed E-state index contributed by atoms with van der Waals surface area (Å²) in [6.45, 7) is 12.3. The highest BCUT2D eigenvalue weighted by molar-refractivity contribution is 5.94. The summed E-state index contributed by atoms with van der Waals surface area (Å²) in [4.78, 5) is 19.6. The Morgan fingerprint density at radius 3 is 2.11 bits per heavy atom.